The quantitative estimate of drug-likeness (QED) is 0.890. The summed E-state index contributed by atoms with van der Waals surface area (Å²) in [5, 5.41) is 5.75. The molecule has 0 bridgehead atoms. The Labute approximate surface area is 135 Å². The second-order valence-corrected chi connectivity index (χ2v) is 5.88. The molecule has 2 N–H and O–H groups in total. The lowest BCUT2D eigenvalue weighted by Gasteiger charge is -2.07. The van der Waals surface area contributed by atoms with Gasteiger partial charge >= 0.3 is 0 Å². The van der Waals surface area contributed by atoms with Crippen LogP contribution in [0.3, 0.4) is 0 Å². The summed E-state index contributed by atoms with van der Waals surface area (Å²) < 4.78 is 0. The van der Waals surface area contributed by atoms with Crippen LogP contribution in [-0.2, 0) is 16.1 Å². The van der Waals surface area contributed by atoms with Gasteiger partial charge < -0.3 is 10.6 Å². The minimum atomic E-state index is -0.229. The van der Waals surface area contributed by atoms with E-state index in [1.165, 1.54) is 0 Å². The lowest BCUT2D eigenvalue weighted by Crippen LogP contribution is -2.27. The minimum absolute atomic E-state index is 0.0637. The van der Waals surface area contributed by atoms with Crippen molar-refractivity contribution in [1.29, 1.82) is 0 Å². The van der Waals surface area contributed by atoms with E-state index in [1.807, 2.05) is 43.3 Å². The number of aromatic nitrogens is 1. The zero-order chi connectivity index (χ0) is 16.2. The number of amides is 2. The Balaban J connectivity index is 1.48. The molecule has 1 heterocycles. The van der Waals surface area contributed by atoms with Crippen LogP contribution in [0.2, 0.25) is 0 Å². The van der Waals surface area contributed by atoms with Crippen LogP contribution >= 0.6 is 0 Å². The predicted molar refractivity (Wildman–Crippen MR) is 87.5 cm³/mol. The summed E-state index contributed by atoms with van der Waals surface area (Å²) in [6.45, 7) is 2.44. The summed E-state index contributed by atoms with van der Waals surface area (Å²) in [6.07, 6.45) is 3.99. The van der Waals surface area contributed by atoms with Gasteiger partial charge in [0, 0.05) is 24.6 Å². The second kappa shape index (κ2) is 6.60. The van der Waals surface area contributed by atoms with Crippen LogP contribution in [0.15, 0.2) is 48.8 Å². The molecule has 5 heteroatoms. The summed E-state index contributed by atoms with van der Waals surface area (Å²) >= 11 is 0. The molecular weight excluding hydrogens is 290 g/mol. The van der Waals surface area contributed by atoms with Crippen molar-refractivity contribution in [2.45, 2.75) is 19.9 Å². The van der Waals surface area contributed by atoms with E-state index >= 15 is 0 Å². The van der Waals surface area contributed by atoms with Crippen LogP contribution in [0, 0.1) is 18.8 Å². The van der Waals surface area contributed by atoms with E-state index in [0.29, 0.717) is 13.0 Å². The molecule has 0 aliphatic heterocycles. The van der Waals surface area contributed by atoms with Gasteiger partial charge in [0.2, 0.25) is 11.8 Å². The Morgan fingerprint density at radius 3 is 2.61 bits per heavy atom. The number of benzene rings is 1. The summed E-state index contributed by atoms with van der Waals surface area (Å²) in [7, 11) is 0. The first kappa shape index (κ1) is 15.2. The number of nitrogens with zero attached hydrogens (tertiary/aromatic N) is 1. The molecule has 5 nitrogen and oxygen atoms in total. The van der Waals surface area contributed by atoms with Gasteiger partial charge in [-0.25, -0.2) is 0 Å². The highest BCUT2D eigenvalue weighted by molar-refractivity contribution is 5.99. The van der Waals surface area contributed by atoms with E-state index < -0.39 is 0 Å². The molecule has 2 aromatic rings. The highest BCUT2D eigenvalue weighted by Crippen LogP contribution is 2.39. The van der Waals surface area contributed by atoms with Crippen molar-refractivity contribution in [3.63, 3.8) is 0 Å². The van der Waals surface area contributed by atoms with Crippen LogP contribution in [-0.4, -0.2) is 16.8 Å². The van der Waals surface area contributed by atoms with E-state index in [1.54, 1.807) is 12.4 Å². The number of carbonyl (C=O) groups excluding carboxylic acids is 2. The van der Waals surface area contributed by atoms with E-state index in [2.05, 4.69) is 15.6 Å². The van der Waals surface area contributed by atoms with Crippen LogP contribution in [0.4, 0.5) is 5.69 Å². The molecule has 1 aliphatic rings. The number of anilines is 1. The van der Waals surface area contributed by atoms with Gasteiger partial charge in [0.1, 0.15) is 0 Å². The number of rotatable bonds is 5. The van der Waals surface area contributed by atoms with Gasteiger partial charge in [-0.15, -0.1) is 0 Å². The van der Waals surface area contributed by atoms with E-state index in [4.69, 9.17) is 0 Å². The van der Waals surface area contributed by atoms with Crippen molar-refractivity contribution in [2.75, 3.05) is 5.32 Å². The third-order valence-electron chi connectivity index (χ3n) is 3.97. The molecule has 1 fully saturated rings. The van der Waals surface area contributed by atoms with Gasteiger partial charge in [0.25, 0.3) is 0 Å². The average Bonchev–Trinajstić information content (AvgIpc) is 3.34. The summed E-state index contributed by atoms with van der Waals surface area (Å²) in [6, 6.07) is 11.4. The van der Waals surface area contributed by atoms with Gasteiger partial charge in [-0.05, 0) is 48.7 Å². The van der Waals surface area contributed by atoms with Crippen LogP contribution < -0.4 is 10.6 Å². The fraction of sp³-hybridized carbons (Fsp3) is 0.278. The predicted octanol–water partition coefficient (Wildman–Crippen LogP) is 2.28. The van der Waals surface area contributed by atoms with Crippen LogP contribution in [0.5, 0.6) is 0 Å². The maximum atomic E-state index is 12.2. The van der Waals surface area contributed by atoms with Crippen molar-refractivity contribution in [1.82, 2.24) is 10.3 Å². The first-order valence-electron chi connectivity index (χ1n) is 7.67. The molecule has 1 saturated carbocycles. The SMILES string of the molecule is Cc1cccc(NC(=O)C2CC2C(=O)NCc2ccncc2)c1. The third kappa shape index (κ3) is 3.94. The fourth-order valence-corrected chi connectivity index (χ4v) is 2.55. The summed E-state index contributed by atoms with van der Waals surface area (Å²) in [5.74, 6) is -0.597. The lowest BCUT2D eigenvalue weighted by atomic mass is 10.2. The Morgan fingerprint density at radius 1 is 1.13 bits per heavy atom. The first-order chi connectivity index (χ1) is 11.1. The maximum absolute atomic E-state index is 12.2. The molecule has 0 saturated heterocycles. The Hall–Kier alpha value is -2.69. The number of hydrogen-bond donors (Lipinski definition) is 2. The minimum Gasteiger partial charge on any atom is -0.352 e. The largest absolute Gasteiger partial charge is 0.352 e. The highest BCUT2D eigenvalue weighted by Gasteiger charge is 2.47. The monoisotopic (exact) mass is 309 g/mol. The first-order valence-corrected chi connectivity index (χ1v) is 7.67. The molecule has 3 rings (SSSR count). The zero-order valence-corrected chi connectivity index (χ0v) is 13.0. The molecule has 1 aromatic heterocycles. The Bertz CT molecular complexity index is 715. The highest BCUT2D eigenvalue weighted by atomic mass is 16.2. The number of carbonyl (C=O) groups is 2. The van der Waals surface area contributed by atoms with Gasteiger partial charge in [-0.2, -0.15) is 0 Å². The van der Waals surface area contributed by atoms with Gasteiger partial charge in [0.15, 0.2) is 0 Å². The van der Waals surface area contributed by atoms with Gasteiger partial charge in [0.05, 0.1) is 11.8 Å². The molecule has 2 amide bonds. The van der Waals surface area contributed by atoms with Crippen molar-refractivity contribution >= 4 is 17.5 Å². The van der Waals surface area contributed by atoms with E-state index in [9.17, 15) is 9.59 Å². The zero-order valence-electron chi connectivity index (χ0n) is 13.0. The number of nitrogens with one attached hydrogen (secondary N) is 2. The molecule has 1 aromatic carbocycles. The van der Waals surface area contributed by atoms with Crippen LogP contribution in [0.1, 0.15) is 17.5 Å². The van der Waals surface area contributed by atoms with E-state index in [-0.39, 0.29) is 23.7 Å². The van der Waals surface area contributed by atoms with Crippen molar-refractivity contribution in [3.05, 3.63) is 59.9 Å². The summed E-state index contributed by atoms with van der Waals surface area (Å²) in [5.41, 5.74) is 2.86. The molecule has 23 heavy (non-hydrogen) atoms. The molecule has 0 radical (unpaired) electrons. The molecule has 2 unspecified atom stereocenters. The Morgan fingerprint density at radius 2 is 1.87 bits per heavy atom. The topological polar surface area (TPSA) is 71.1 Å². The van der Waals surface area contributed by atoms with Crippen molar-refractivity contribution < 1.29 is 9.59 Å². The van der Waals surface area contributed by atoms with E-state index in [0.717, 1.165) is 16.8 Å². The molecule has 1 aliphatic carbocycles. The maximum Gasteiger partial charge on any atom is 0.228 e. The molecule has 0 spiro atoms. The number of hydrogen-bond acceptors (Lipinski definition) is 3. The standard InChI is InChI=1S/C18H19N3O2/c1-12-3-2-4-14(9-12)21-18(23)16-10-15(16)17(22)20-11-13-5-7-19-8-6-13/h2-9,15-16H,10-11H2,1H3,(H,20,22)(H,21,23). The number of aryl methyl sites for hydroxylation is 1. The Kier molecular flexibility index (Phi) is 4.37. The van der Waals surface area contributed by atoms with Gasteiger partial charge in [-0.1, -0.05) is 12.1 Å². The smallest absolute Gasteiger partial charge is 0.228 e. The fourth-order valence-electron chi connectivity index (χ4n) is 2.55. The van der Waals surface area contributed by atoms with Crippen molar-refractivity contribution in [2.24, 2.45) is 11.8 Å². The molecule has 2 atom stereocenters. The number of pyridine rings is 1. The second-order valence-electron chi connectivity index (χ2n) is 5.88. The van der Waals surface area contributed by atoms with Crippen molar-refractivity contribution in [3.8, 4) is 0 Å². The van der Waals surface area contributed by atoms with Gasteiger partial charge in [-0.3, -0.25) is 14.6 Å². The third-order valence-corrected chi connectivity index (χ3v) is 3.97. The average molecular weight is 309 g/mol. The molecule has 118 valence electrons. The summed E-state index contributed by atoms with van der Waals surface area (Å²) in [4.78, 5) is 28.2. The normalized spacial score (nSPS) is 19.0. The van der Waals surface area contributed by atoms with Crippen LogP contribution in [0.25, 0.3) is 0 Å². The molecular formula is C18H19N3O2. The lowest BCUT2D eigenvalue weighted by molar-refractivity contribution is -0.125.